The zero-order valence-corrected chi connectivity index (χ0v) is 15.0. The predicted octanol–water partition coefficient (Wildman–Crippen LogP) is 1.98. The van der Waals surface area contributed by atoms with Crippen molar-refractivity contribution < 1.29 is 9.90 Å². The molecule has 0 unspecified atom stereocenters. The molecule has 0 bridgehead atoms. The van der Waals surface area contributed by atoms with Gasteiger partial charge in [-0.3, -0.25) is 14.4 Å². The number of aliphatic hydroxyl groups is 1. The van der Waals surface area contributed by atoms with Gasteiger partial charge in [0.25, 0.3) is 0 Å². The molecule has 2 fully saturated rings. The number of amides is 1. The minimum absolute atomic E-state index is 0.189. The Bertz CT molecular complexity index is 605. The summed E-state index contributed by atoms with van der Waals surface area (Å²) in [5, 5.41) is 18.1. The Morgan fingerprint density at radius 3 is 2.80 bits per heavy atom. The molecule has 6 nitrogen and oxygen atoms in total. The third-order valence-corrected chi connectivity index (χ3v) is 5.86. The molecule has 2 heterocycles. The first-order valence-electron chi connectivity index (χ1n) is 9.95. The van der Waals surface area contributed by atoms with E-state index in [0.29, 0.717) is 18.4 Å². The number of aryl methyl sites for hydroxylation is 1. The maximum Gasteiger partial charge on any atom is 0.221 e. The number of hydrogen-bond acceptors (Lipinski definition) is 4. The van der Waals surface area contributed by atoms with Gasteiger partial charge in [0.2, 0.25) is 5.91 Å². The van der Waals surface area contributed by atoms with Gasteiger partial charge in [-0.2, -0.15) is 5.10 Å². The van der Waals surface area contributed by atoms with Crippen LogP contribution in [0.2, 0.25) is 0 Å². The molecule has 0 saturated heterocycles. The molecule has 2 aliphatic carbocycles. The van der Waals surface area contributed by atoms with Gasteiger partial charge in [-0.05, 0) is 44.1 Å². The molecule has 25 heavy (non-hydrogen) atoms. The molecule has 2 saturated carbocycles. The first-order chi connectivity index (χ1) is 12.2. The number of rotatable bonds is 6. The van der Waals surface area contributed by atoms with E-state index in [4.69, 9.17) is 0 Å². The highest BCUT2D eigenvalue weighted by molar-refractivity contribution is 5.76. The van der Waals surface area contributed by atoms with Crippen molar-refractivity contribution in [3.05, 3.63) is 17.5 Å². The zero-order chi connectivity index (χ0) is 17.2. The molecule has 6 heteroatoms. The summed E-state index contributed by atoms with van der Waals surface area (Å²) in [7, 11) is 0. The third kappa shape index (κ3) is 4.23. The number of nitrogens with one attached hydrogen (secondary N) is 1. The van der Waals surface area contributed by atoms with Gasteiger partial charge in [-0.15, -0.1) is 0 Å². The van der Waals surface area contributed by atoms with Crippen LogP contribution in [0.4, 0.5) is 0 Å². The summed E-state index contributed by atoms with van der Waals surface area (Å²) in [6, 6.07) is 2.48. The van der Waals surface area contributed by atoms with E-state index in [-0.39, 0.29) is 5.91 Å². The van der Waals surface area contributed by atoms with Crippen LogP contribution in [-0.4, -0.2) is 44.8 Å². The standard InChI is InChI=1S/C19H30N4O2/c24-18(20-15-4-1-2-5-15)8-11-22-9-3-10-23-16(13-22)12-17(21-23)19(25)14-6-7-14/h12,14-15,19,25H,1-11,13H2,(H,20,24)/t19-/m1/s1. The van der Waals surface area contributed by atoms with Gasteiger partial charge >= 0.3 is 0 Å². The number of hydrogen-bond donors (Lipinski definition) is 2. The molecule has 0 aromatic carbocycles. The van der Waals surface area contributed by atoms with Gasteiger partial charge in [0.15, 0.2) is 0 Å². The van der Waals surface area contributed by atoms with Crippen LogP contribution in [0.1, 0.15) is 68.9 Å². The van der Waals surface area contributed by atoms with Crippen LogP contribution >= 0.6 is 0 Å². The lowest BCUT2D eigenvalue weighted by Gasteiger charge is -2.20. The maximum atomic E-state index is 12.2. The van der Waals surface area contributed by atoms with E-state index in [1.54, 1.807) is 0 Å². The lowest BCUT2D eigenvalue weighted by molar-refractivity contribution is -0.122. The number of nitrogens with zero attached hydrogens (tertiary/aromatic N) is 3. The summed E-state index contributed by atoms with van der Waals surface area (Å²) in [5.74, 6) is 0.601. The van der Waals surface area contributed by atoms with Gasteiger partial charge < -0.3 is 10.4 Å². The molecule has 2 N–H and O–H groups in total. The van der Waals surface area contributed by atoms with E-state index < -0.39 is 6.10 Å². The number of carbonyl (C=O) groups is 1. The van der Waals surface area contributed by atoms with Crippen molar-refractivity contribution in [1.82, 2.24) is 20.0 Å². The van der Waals surface area contributed by atoms with E-state index in [2.05, 4.69) is 26.1 Å². The first kappa shape index (κ1) is 17.0. The molecular formula is C19H30N4O2. The van der Waals surface area contributed by atoms with Crippen LogP contribution in [0.5, 0.6) is 0 Å². The largest absolute Gasteiger partial charge is 0.386 e. The average Bonchev–Trinajstić information content (AvgIpc) is 3.25. The Labute approximate surface area is 149 Å². The second-order valence-corrected chi connectivity index (χ2v) is 7.99. The molecule has 3 aliphatic rings. The quantitative estimate of drug-likeness (QED) is 0.826. The monoisotopic (exact) mass is 346 g/mol. The zero-order valence-electron chi connectivity index (χ0n) is 15.0. The summed E-state index contributed by atoms with van der Waals surface area (Å²) < 4.78 is 2.06. The van der Waals surface area contributed by atoms with E-state index in [0.717, 1.165) is 64.0 Å². The van der Waals surface area contributed by atoms with Crippen LogP contribution in [0.3, 0.4) is 0 Å². The topological polar surface area (TPSA) is 70.4 Å². The van der Waals surface area contributed by atoms with Gasteiger partial charge in [-0.25, -0.2) is 0 Å². The number of aliphatic hydroxyl groups excluding tert-OH is 1. The molecule has 1 amide bonds. The van der Waals surface area contributed by atoms with Crippen LogP contribution in [0.25, 0.3) is 0 Å². The van der Waals surface area contributed by atoms with E-state index in [1.807, 2.05) is 0 Å². The van der Waals surface area contributed by atoms with E-state index in [9.17, 15) is 9.90 Å². The Balaban J connectivity index is 1.30. The maximum absolute atomic E-state index is 12.2. The van der Waals surface area contributed by atoms with Crippen molar-refractivity contribution in [3.63, 3.8) is 0 Å². The summed E-state index contributed by atoms with van der Waals surface area (Å²) in [4.78, 5) is 14.5. The van der Waals surface area contributed by atoms with Crippen molar-refractivity contribution in [3.8, 4) is 0 Å². The molecular weight excluding hydrogens is 316 g/mol. The van der Waals surface area contributed by atoms with E-state index in [1.165, 1.54) is 18.5 Å². The summed E-state index contributed by atoms with van der Waals surface area (Å²) in [6.07, 6.45) is 8.22. The van der Waals surface area contributed by atoms with Gasteiger partial charge in [0.1, 0.15) is 6.10 Å². The molecule has 138 valence electrons. The van der Waals surface area contributed by atoms with Crippen LogP contribution < -0.4 is 5.32 Å². The second-order valence-electron chi connectivity index (χ2n) is 7.99. The Morgan fingerprint density at radius 1 is 1.24 bits per heavy atom. The SMILES string of the molecule is O=C(CCN1CCCn2nc([C@H](O)C3CC3)cc2C1)NC1CCCC1. The van der Waals surface area contributed by atoms with Crippen molar-refractivity contribution >= 4 is 5.91 Å². The number of carbonyl (C=O) groups excluding carboxylic acids is 1. The van der Waals surface area contributed by atoms with Crippen molar-refractivity contribution in [2.75, 3.05) is 13.1 Å². The number of aromatic nitrogens is 2. The molecule has 0 radical (unpaired) electrons. The Kier molecular flexibility index (Phi) is 5.08. The highest BCUT2D eigenvalue weighted by Crippen LogP contribution is 2.40. The molecule has 1 aromatic heterocycles. The fraction of sp³-hybridized carbons (Fsp3) is 0.789. The summed E-state index contributed by atoms with van der Waals surface area (Å²) >= 11 is 0. The highest BCUT2D eigenvalue weighted by atomic mass is 16.3. The van der Waals surface area contributed by atoms with Gasteiger partial charge in [0, 0.05) is 38.6 Å². The predicted molar refractivity (Wildman–Crippen MR) is 94.8 cm³/mol. The summed E-state index contributed by atoms with van der Waals surface area (Å²) in [5.41, 5.74) is 2.00. The van der Waals surface area contributed by atoms with Crippen LogP contribution in [0.15, 0.2) is 6.07 Å². The van der Waals surface area contributed by atoms with E-state index >= 15 is 0 Å². The molecule has 1 atom stereocenters. The fourth-order valence-electron chi connectivity index (χ4n) is 4.17. The lowest BCUT2D eigenvalue weighted by Crippen LogP contribution is -2.35. The molecule has 4 rings (SSSR count). The van der Waals surface area contributed by atoms with Crippen molar-refractivity contribution in [2.24, 2.45) is 5.92 Å². The fourth-order valence-corrected chi connectivity index (χ4v) is 4.17. The molecule has 1 aliphatic heterocycles. The minimum Gasteiger partial charge on any atom is -0.386 e. The molecule has 1 aromatic rings. The minimum atomic E-state index is -0.398. The first-order valence-corrected chi connectivity index (χ1v) is 9.95. The van der Waals surface area contributed by atoms with Crippen molar-refractivity contribution in [2.45, 2.75) is 76.6 Å². The summed E-state index contributed by atoms with van der Waals surface area (Å²) in [6.45, 7) is 3.52. The van der Waals surface area contributed by atoms with Gasteiger partial charge in [0.05, 0.1) is 11.4 Å². The normalized spacial score (nSPS) is 23.2. The lowest BCUT2D eigenvalue weighted by atomic mass is 10.1. The number of fused-ring (bicyclic) bond motifs is 1. The van der Waals surface area contributed by atoms with Crippen LogP contribution in [-0.2, 0) is 17.9 Å². The third-order valence-electron chi connectivity index (χ3n) is 5.86. The highest BCUT2D eigenvalue weighted by Gasteiger charge is 2.33. The Morgan fingerprint density at radius 2 is 2.04 bits per heavy atom. The smallest absolute Gasteiger partial charge is 0.221 e. The second kappa shape index (κ2) is 7.46. The van der Waals surface area contributed by atoms with Crippen molar-refractivity contribution in [1.29, 1.82) is 0 Å². The Hall–Kier alpha value is -1.40. The van der Waals surface area contributed by atoms with Crippen LogP contribution in [0, 0.1) is 5.92 Å². The average molecular weight is 346 g/mol. The van der Waals surface area contributed by atoms with Gasteiger partial charge in [-0.1, -0.05) is 12.8 Å². The molecule has 0 spiro atoms.